The summed E-state index contributed by atoms with van der Waals surface area (Å²) >= 11 is 6.10. The Hall–Kier alpha value is -3.53. The van der Waals surface area contributed by atoms with Crippen LogP contribution in [0.3, 0.4) is 0 Å². The Morgan fingerprint density at radius 3 is 2.39 bits per heavy atom. The van der Waals surface area contributed by atoms with Crippen LogP contribution in [0.25, 0.3) is 0 Å². The fourth-order valence-electron chi connectivity index (χ4n) is 4.22. The zero-order chi connectivity index (χ0) is 26.0. The molecule has 2 N–H and O–H groups in total. The highest BCUT2D eigenvalue weighted by atomic mass is 35.5. The van der Waals surface area contributed by atoms with Gasteiger partial charge in [0, 0.05) is 17.1 Å². The maximum atomic E-state index is 13.6. The highest BCUT2D eigenvalue weighted by Gasteiger charge is 2.44. The van der Waals surface area contributed by atoms with Crippen LogP contribution in [0.4, 0.5) is 5.69 Å². The molecule has 0 radical (unpaired) electrons. The zero-order valence-corrected chi connectivity index (χ0v) is 21.0. The predicted molar refractivity (Wildman–Crippen MR) is 136 cm³/mol. The van der Waals surface area contributed by atoms with Crippen LogP contribution in [0.1, 0.15) is 27.9 Å². The number of benzene rings is 3. The molecule has 4 rings (SSSR count). The number of carbonyl (C=O) groups is 3. The predicted octanol–water partition coefficient (Wildman–Crippen LogP) is 3.31. The van der Waals surface area contributed by atoms with Gasteiger partial charge in [0.05, 0.1) is 17.0 Å². The molecule has 0 aliphatic carbocycles. The molecule has 36 heavy (non-hydrogen) atoms. The molecule has 1 heterocycles. The Balaban J connectivity index is 1.65. The van der Waals surface area contributed by atoms with Crippen molar-refractivity contribution in [2.24, 2.45) is 5.14 Å². The maximum absolute atomic E-state index is 13.6. The van der Waals surface area contributed by atoms with Crippen LogP contribution in [-0.2, 0) is 26.0 Å². The van der Waals surface area contributed by atoms with E-state index < -0.39 is 27.9 Å². The van der Waals surface area contributed by atoms with E-state index in [0.29, 0.717) is 17.0 Å². The van der Waals surface area contributed by atoms with Crippen molar-refractivity contribution >= 4 is 45.0 Å². The minimum Gasteiger partial charge on any atom is -0.326 e. The number of hydrogen-bond acceptors (Lipinski definition) is 5. The van der Waals surface area contributed by atoms with Crippen molar-refractivity contribution in [1.82, 2.24) is 4.90 Å². The lowest BCUT2D eigenvalue weighted by Crippen LogP contribution is -2.46. The molecule has 1 aliphatic heterocycles. The van der Waals surface area contributed by atoms with Gasteiger partial charge in [0.2, 0.25) is 15.9 Å². The number of nitrogens with two attached hydrogens (primary N) is 1. The number of rotatable bonds is 7. The first kappa shape index (κ1) is 25.6. The molecule has 1 fully saturated rings. The van der Waals surface area contributed by atoms with Gasteiger partial charge in [-0.05, 0) is 66.9 Å². The molecule has 0 spiro atoms. The SMILES string of the molecule is Cc1ccccc1C(=O)N(CCc1cccc(Cl)c1)C1CC(=O)N(c2ccc(S(N)(=O)=O)cc2)C1=O. The summed E-state index contributed by atoms with van der Waals surface area (Å²) in [6, 6.07) is 18.4. The Labute approximate surface area is 214 Å². The van der Waals surface area contributed by atoms with Gasteiger partial charge < -0.3 is 4.90 Å². The highest BCUT2D eigenvalue weighted by Crippen LogP contribution is 2.28. The van der Waals surface area contributed by atoms with Crippen LogP contribution in [0.2, 0.25) is 5.02 Å². The summed E-state index contributed by atoms with van der Waals surface area (Å²) in [6.07, 6.45) is 0.238. The second kappa shape index (κ2) is 10.2. The van der Waals surface area contributed by atoms with Crippen molar-refractivity contribution in [3.63, 3.8) is 0 Å². The van der Waals surface area contributed by atoms with E-state index in [1.165, 1.54) is 29.2 Å². The van der Waals surface area contributed by atoms with Gasteiger partial charge in [-0.15, -0.1) is 0 Å². The number of halogens is 1. The molecule has 1 unspecified atom stereocenters. The molecular weight excluding hydrogens is 502 g/mol. The fraction of sp³-hybridized carbons (Fsp3) is 0.192. The second-order valence-electron chi connectivity index (χ2n) is 8.52. The quantitative estimate of drug-likeness (QED) is 0.475. The Morgan fingerprint density at radius 1 is 1.06 bits per heavy atom. The second-order valence-corrected chi connectivity index (χ2v) is 10.5. The van der Waals surface area contributed by atoms with E-state index in [0.717, 1.165) is 16.0 Å². The fourth-order valence-corrected chi connectivity index (χ4v) is 4.95. The zero-order valence-electron chi connectivity index (χ0n) is 19.4. The third-order valence-electron chi connectivity index (χ3n) is 6.09. The van der Waals surface area contributed by atoms with Gasteiger partial charge >= 0.3 is 0 Å². The number of aryl methyl sites for hydroxylation is 1. The van der Waals surface area contributed by atoms with E-state index in [9.17, 15) is 22.8 Å². The number of carbonyl (C=O) groups excluding carboxylic acids is 3. The number of primary sulfonamides is 1. The molecule has 3 amide bonds. The number of hydrogen-bond donors (Lipinski definition) is 1. The van der Waals surface area contributed by atoms with Crippen LogP contribution in [0.5, 0.6) is 0 Å². The number of sulfonamides is 1. The molecule has 3 aromatic carbocycles. The van der Waals surface area contributed by atoms with E-state index in [2.05, 4.69) is 0 Å². The minimum absolute atomic E-state index is 0.139. The smallest absolute Gasteiger partial charge is 0.257 e. The monoisotopic (exact) mass is 525 g/mol. The first-order valence-corrected chi connectivity index (χ1v) is 13.1. The van der Waals surface area contributed by atoms with Crippen LogP contribution >= 0.6 is 11.6 Å². The van der Waals surface area contributed by atoms with E-state index >= 15 is 0 Å². The molecular formula is C26H24ClN3O5S. The van der Waals surface area contributed by atoms with Crippen molar-refractivity contribution in [1.29, 1.82) is 0 Å². The number of anilines is 1. The van der Waals surface area contributed by atoms with Gasteiger partial charge in [-0.2, -0.15) is 0 Å². The molecule has 0 aromatic heterocycles. The lowest BCUT2D eigenvalue weighted by Gasteiger charge is -2.28. The average molecular weight is 526 g/mol. The van der Waals surface area contributed by atoms with Crippen molar-refractivity contribution in [3.05, 3.63) is 94.5 Å². The molecule has 3 aromatic rings. The van der Waals surface area contributed by atoms with Crippen molar-refractivity contribution in [2.45, 2.75) is 30.7 Å². The van der Waals surface area contributed by atoms with Gasteiger partial charge in [-0.3, -0.25) is 14.4 Å². The summed E-state index contributed by atoms with van der Waals surface area (Å²) in [6.45, 7) is 2.00. The van der Waals surface area contributed by atoms with Crippen LogP contribution in [0, 0.1) is 6.92 Å². The summed E-state index contributed by atoms with van der Waals surface area (Å²) in [5.74, 6) is -1.40. The molecule has 1 saturated heterocycles. The molecule has 186 valence electrons. The summed E-state index contributed by atoms with van der Waals surface area (Å²) in [5, 5.41) is 5.70. The average Bonchev–Trinajstić information content (AvgIpc) is 3.12. The van der Waals surface area contributed by atoms with Crippen LogP contribution in [-0.4, -0.2) is 43.6 Å². The van der Waals surface area contributed by atoms with E-state index in [-0.39, 0.29) is 29.5 Å². The largest absolute Gasteiger partial charge is 0.326 e. The van der Waals surface area contributed by atoms with Gasteiger partial charge in [-0.1, -0.05) is 41.9 Å². The summed E-state index contributed by atoms with van der Waals surface area (Å²) in [7, 11) is -3.93. The Kier molecular flexibility index (Phi) is 7.26. The lowest BCUT2D eigenvalue weighted by molar-refractivity contribution is -0.122. The standard InChI is InChI=1S/C26H24ClN3O5S/c1-17-5-2-3-8-22(17)25(32)29(14-13-18-6-4-7-19(27)15-18)23-16-24(31)30(26(23)33)20-9-11-21(12-10-20)36(28,34)35/h2-12,15,23H,13-14,16H2,1H3,(H2,28,34,35). The van der Waals surface area contributed by atoms with Crippen LogP contribution < -0.4 is 10.0 Å². The summed E-state index contributed by atoms with van der Waals surface area (Å²) in [4.78, 5) is 42.3. The van der Waals surface area contributed by atoms with Crippen molar-refractivity contribution < 1.29 is 22.8 Å². The van der Waals surface area contributed by atoms with Gasteiger partial charge in [0.25, 0.3) is 11.8 Å². The van der Waals surface area contributed by atoms with Crippen molar-refractivity contribution in [2.75, 3.05) is 11.4 Å². The Morgan fingerprint density at radius 2 is 1.75 bits per heavy atom. The van der Waals surface area contributed by atoms with Crippen LogP contribution in [0.15, 0.2) is 77.7 Å². The normalized spacial score (nSPS) is 15.9. The number of imide groups is 1. The molecule has 10 heteroatoms. The first-order chi connectivity index (χ1) is 17.1. The molecule has 1 atom stereocenters. The third-order valence-corrected chi connectivity index (χ3v) is 7.25. The van der Waals surface area contributed by atoms with E-state index in [1.54, 1.807) is 24.3 Å². The molecule has 0 bridgehead atoms. The minimum atomic E-state index is -3.93. The maximum Gasteiger partial charge on any atom is 0.257 e. The molecule has 0 saturated carbocycles. The number of nitrogens with zero attached hydrogens (tertiary/aromatic N) is 2. The van der Waals surface area contributed by atoms with Gasteiger partial charge in [0.1, 0.15) is 6.04 Å². The van der Waals surface area contributed by atoms with E-state index in [4.69, 9.17) is 16.7 Å². The molecule has 8 nitrogen and oxygen atoms in total. The Bertz CT molecular complexity index is 1440. The van der Waals surface area contributed by atoms with Gasteiger partial charge in [-0.25, -0.2) is 18.5 Å². The summed E-state index contributed by atoms with van der Waals surface area (Å²) in [5.41, 5.74) is 2.29. The first-order valence-electron chi connectivity index (χ1n) is 11.2. The third kappa shape index (κ3) is 5.33. The topological polar surface area (TPSA) is 118 Å². The summed E-state index contributed by atoms with van der Waals surface area (Å²) < 4.78 is 23.1. The molecule has 1 aliphatic rings. The highest BCUT2D eigenvalue weighted by molar-refractivity contribution is 7.89. The van der Waals surface area contributed by atoms with Crippen molar-refractivity contribution in [3.8, 4) is 0 Å². The number of amides is 3. The van der Waals surface area contributed by atoms with Gasteiger partial charge in [0.15, 0.2) is 0 Å². The lowest BCUT2D eigenvalue weighted by atomic mass is 10.0. The van der Waals surface area contributed by atoms with E-state index in [1.807, 2.05) is 31.2 Å².